The van der Waals surface area contributed by atoms with E-state index in [2.05, 4.69) is 29.2 Å². The van der Waals surface area contributed by atoms with Crippen LogP contribution in [0.4, 0.5) is 0 Å². The molecule has 1 saturated heterocycles. The molecule has 1 aromatic carbocycles. The lowest BCUT2D eigenvalue weighted by atomic mass is 9.84. The first-order valence-electron chi connectivity index (χ1n) is 7.87. The fourth-order valence-corrected chi connectivity index (χ4v) is 3.61. The minimum absolute atomic E-state index is 0.526. The Labute approximate surface area is 122 Å². The summed E-state index contributed by atoms with van der Waals surface area (Å²) in [6.07, 6.45) is 5.31. The summed E-state index contributed by atoms with van der Waals surface area (Å²) in [4.78, 5) is 2.71. The van der Waals surface area contributed by atoms with E-state index in [4.69, 9.17) is 10.5 Å². The van der Waals surface area contributed by atoms with Crippen molar-refractivity contribution in [2.24, 2.45) is 11.7 Å². The smallest absolute Gasteiger partial charge is 0.0713 e. The van der Waals surface area contributed by atoms with E-state index in [0.717, 1.165) is 12.6 Å². The van der Waals surface area contributed by atoms with Crippen LogP contribution in [0.3, 0.4) is 0 Å². The molecule has 110 valence electrons. The van der Waals surface area contributed by atoms with E-state index in [1.165, 1.54) is 43.4 Å². The lowest BCUT2D eigenvalue weighted by Gasteiger charge is -2.41. The van der Waals surface area contributed by atoms with E-state index >= 15 is 0 Å². The van der Waals surface area contributed by atoms with Gasteiger partial charge in [0.05, 0.1) is 6.61 Å². The molecule has 0 spiro atoms. The molecule has 1 aliphatic heterocycles. The number of hydrogen-bond acceptors (Lipinski definition) is 3. The van der Waals surface area contributed by atoms with Gasteiger partial charge < -0.3 is 10.5 Å². The molecule has 0 bridgehead atoms. The maximum absolute atomic E-state index is 6.04. The summed E-state index contributed by atoms with van der Waals surface area (Å²) in [5.41, 5.74) is 8.73. The topological polar surface area (TPSA) is 38.5 Å². The highest BCUT2D eigenvalue weighted by Crippen LogP contribution is 2.42. The molecule has 1 aliphatic carbocycles. The summed E-state index contributed by atoms with van der Waals surface area (Å²) in [5, 5.41) is 0. The molecule has 2 fully saturated rings. The first kappa shape index (κ1) is 14.1. The molecule has 20 heavy (non-hydrogen) atoms. The fraction of sp³-hybridized carbons (Fsp3) is 0.647. The zero-order chi connectivity index (χ0) is 13.9. The van der Waals surface area contributed by atoms with Crippen molar-refractivity contribution in [3.8, 4) is 0 Å². The lowest BCUT2D eigenvalue weighted by molar-refractivity contribution is 0.0879. The van der Waals surface area contributed by atoms with Gasteiger partial charge in [-0.3, -0.25) is 4.90 Å². The molecule has 2 atom stereocenters. The van der Waals surface area contributed by atoms with Gasteiger partial charge in [0.2, 0.25) is 0 Å². The molecule has 3 heteroatoms. The van der Waals surface area contributed by atoms with Crippen LogP contribution in [-0.2, 0) is 11.3 Å². The molecule has 2 unspecified atom stereocenters. The van der Waals surface area contributed by atoms with Crippen LogP contribution in [-0.4, -0.2) is 31.1 Å². The van der Waals surface area contributed by atoms with Crippen molar-refractivity contribution in [1.82, 2.24) is 4.90 Å². The van der Waals surface area contributed by atoms with Crippen molar-refractivity contribution in [1.29, 1.82) is 0 Å². The summed E-state index contributed by atoms with van der Waals surface area (Å²) < 4.78 is 5.19. The van der Waals surface area contributed by atoms with Gasteiger partial charge >= 0.3 is 0 Å². The molecule has 1 heterocycles. The van der Waals surface area contributed by atoms with Gasteiger partial charge in [-0.15, -0.1) is 0 Å². The second kappa shape index (κ2) is 6.25. The number of benzene rings is 1. The van der Waals surface area contributed by atoms with E-state index < -0.39 is 0 Å². The Balaban J connectivity index is 1.82. The standard InChI is InChI=1S/C17H26N2O/c1-20-12-13-4-6-14(7-5-13)17-15(11-18)3-2-10-19(17)16-8-9-16/h4-7,15-17H,2-3,8-12,18H2,1H3. The summed E-state index contributed by atoms with van der Waals surface area (Å²) >= 11 is 0. The molecular weight excluding hydrogens is 248 g/mol. The van der Waals surface area contributed by atoms with Crippen molar-refractivity contribution in [2.45, 2.75) is 44.4 Å². The van der Waals surface area contributed by atoms with Crippen LogP contribution in [0.15, 0.2) is 24.3 Å². The number of ether oxygens (including phenoxy) is 1. The molecule has 0 aromatic heterocycles. The van der Waals surface area contributed by atoms with E-state index in [0.29, 0.717) is 18.6 Å². The van der Waals surface area contributed by atoms with Crippen LogP contribution < -0.4 is 5.73 Å². The third-order valence-electron chi connectivity index (χ3n) is 4.75. The van der Waals surface area contributed by atoms with E-state index in [1.807, 2.05) is 0 Å². The van der Waals surface area contributed by atoms with Gasteiger partial charge in [0.1, 0.15) is 0 Å². The number of nitrogens with two attached hydrogens (primary N) is 1. The Bertz CT molecular complexity index is 427. The van der Waals surface area contributed by atoms with Crippen molar-refractivity contribution in [3.05, 3.63) is 35.4 Å². The first-order valence-corrected chi connectivity index (χ1v) is 7.87. The largest absolute Gasteiger partial charge is 0.380 e. The normalized spacial score (nSPS) is 27.7. The van der Waals surface area contributed by atoms with Gasteiger partial charge in [-0.1, -0.05) is 24.3 Å². The molecule has 2 aliphatic rings. The number of piperidine rings is 1. The van der Waals surface area contributed by atoms with Crippen LogP contribution in [0, 0.1) is 5.92 Å². The second-order valence-corrected chi connectivity index (χ2v) is 6.23. The summed E-state index contributed by atoms with van der Waals surface area (Å²) in [6.45, 7) is 2.73. The molecular formula is C17H26N2O. The number of hydrogen-bond donors (Lipinski definition) is 1. The van der Waals surface area contributed by atoms with Crippen molar-refractivity contribution in [3.63, 3.8) is 0 Å². The average molecular weight is 274 g/mol. The Morgan fingerprint density at radius 2 is 1.95 bits per heavy atom. The van der Waals surface area contributed by atoms with Gasteiger partial charge in [0.25, 0.3) is 0 Å². The Kier molecular flexibility index (Phi) is 4.39. The van der Waals surface area contributed by atoms with Crippen LogP contribution in [0.1, 0.15) is 42.9 Å². The number of rotatable bonds is 5. The zero-order valence-electron chi connectivity index (χ0n) is 12.4. The third kappa shape index (κ3) is 2.90. The second-order valence-electron chi connectivity index (χ2n) is 6.23. The van der Waals surface area contributed by atoms with Gasteiger partial charge in [0.15, 0.2) is 0 Å². The van der Waals surface area contributed by atoms with Crippen LogP contribution >= 0.6 is 0 Å². The van der Waals surface area contributed by atoms with E-state index in [1.54, 1.807) is 7.11 Å². The number of methoxy groups -OCH3 is 1. The van der Waals surface area contributed by atoms with Crippen LogP contribution in [0.25, 0.3) is 0 Å². The molecule has 0 radical (unpaired) electrons. The van der Waals surface area contributed by atoms with E-state index in [9.17, 15) is 0 Å². The quantitative estimate of drug-likeness (QED) is 0.897. The van der Waals surface area contributed by atoms with Crippen LogP contribution in [0.2, 0.25) is 0 Å². The fourth-order valence-electron chi connectivity index (χ4n) is 3.61. The Hall–Kier alpha value is -0.900. The number of likely N-dealkylation sites (tertiary alicyclic amines) is 1. The van der Waals surface area contributed by atoms with E-state index in [-0.39, 0.29) is 0 Å². The van der Waals surface area contributed by atoms with Gasteiger partial charge in [-0.05, 0) is 55.8 Å². The number of nitrogens with zero attached hydrogens (tertiary/aromatic N) is 1. The summed E-state index contributed by atoms with van der Waals surface area (Å²) in [6, 6.07) is 10.3. The molecule has 1 aromatic rings. The zero-order valence-corrected chi connectivity index (χ0v) is 12.4. The van der Waals surface area contributed by atoms with Crippen LogP contribution in [0.5, 0.6) is 0 Å². The summed E-state index contributed by atoms with van der Waals surface area (Å²) in [7, 11) is 1.74. The average Bonchev–Trinajstić information content (AvgIpc) is 3.32. The molecule has 0 amide bonds. The molecule has 3 nitrogen and oxygen atoms in total. The monoisotopic (exact) mass is 274 g/mol. The predicted octanol–water partition coefficient (Wildman–Crippen LogP) is 2.71. The minimum atomic E-state index is 0.526. The highest BCUT2D eigenvalue weighted by molar-refractivity contribution is 5.26. The molecule has 1 saturated carbocycles. The Morgan fingerprint density at radius 1 is 1.20 bits per heavy atom. The van der Waals surface area contributed by atoms with Gasteiger partial charge in [-0.25, -0.2) is 0 Å². The minimum Gasteiger partial charge on any atom is -0.380 e. The SMILES string of the molecule is COCc1ccc(C2C(CN)CCCN2C2CC2)cc1. The highest BCUT2D eigenvalue weighted by Gasteiger charge is 2.39. The first-order chi connectivity index (χ1) is 9.83. The lowest BCUT2D eigenvalue weighted by Crippen LogP contribution is -2.42. The third-order valence-corrected chi connectivity index (χ3v) is 4.75. The van der Waals surface area contributed by atoms with Crippen molar-refractivity contribution < 1.29 is 4.74 Å². The summed E-state index contributed by atoms with van der Waals surface area (Å²) in [5.74, 6) is 0.609. The van der Waals surface area contributed by atoms with Gasteiger partial charge in [-0.2, -0.15) is 0 Å². The molecule has 2 N–H and O–H groups in total. The van der Waals surface area contributed by atoms with Crippen molar-refractivity contribution >= 4 is 0 Å². The maximum atomic E-state index is 6.04. The molecule has 3 rings (SSSR count). The highest BCUT2D eigenvalue weighted by atomic mass is 16.5. The Morgan fingerprint density at radius 3 is 2.55 bits per heavy atom. The van der Waals surface area contributed by atoms with Crippen molar-refractivity contribution in [2.75, 3.05) is 20.2 Å². The predicted molar refractivity (Wildman–Crippen MR) is 81.4 cm³/mol. The maximum Gasteiger partial charge on any atom is 0.0713 e. The van der Waals surface area contributed by atoms with Gasteiger partial charge in [0, 0.05) is 19.2 Å².